The molecule has 188 valence electrons. The van der Waals surface area contributed by atoms with E-state index in [4.69, 9.17) is 0 Å². The summed E-state index contributed by atoms with van der Waals surface area (Å²) in [5, 5.41) is 0. The smallest absolute Gasteiger partial charge is 0.430 e. The molecule has 0 saturated carbocycles. The Hall–Kier alpha value is -2.96. The van der Waals surface area contributed by atoms with Crippen LogP contribution in [0.4, 0.5) is 26.3 Å². The molecule has 0 bridgehead atoms. The standard InChI is InChI=1S/C28H28F6O/c1-2-3-4-5-20-8-14-23(15-9-20)24-16-10-21(11-17-24)6-7-22-12-18-25(19-13-22)35-28(33,34)26(29)27(30,31)32/h8-19,26H,2-7H2,1H3. The highest BCUT2D eigenvalue weighted by Crippen LogP contribution is 2.36. The number of ether oxygens (including phenoxy) is 1. The van der Waals surface area contributed by atoms with Crippen molar-refractivity contribution in [3.63, 3.8) is 0 Å². The van der Waals surface area contributed by atoms with Crippen LogP contribution in [-0.2, 0) is 19.3 Å². The minimum absolute atomic E-state index is 0.536. The van der Waals surface area contributed by atoms with Gasteiger partial charge in [0.15, 0.2) is 0 Å². The highest BCUT2D eigenvalue weighted by Gasteiger charge is 2.59. The molecule has 3 aromatic rings. The summed E-state index contributed by atoms with van der Waals surface area (Å²) < 4.78 is 80.4. The largest absolute Gasteiger partial charge is 0.439 e. The van der Waals surface area contributed by atoms with E-state index in [1.807, 2.05) is 12.1 Å². The first-order valence-electron chi connectivity index (χ1n) is 11.6. The van der Waals surface area contributed by atoms with Crippen molar-refractivity contribution in [1.82, 2.24) is 0 Å². The first-order chi connectivity index (χ1) is 16.6. The maximum absolute atomic E-state index is 13.4. The van der Waals surface area contributed by atoms with Crippen molar-refractivity contribution in [2.75, 3.05) is 0 Å². The second kappa shape index (κ2) is 11.6. The molecule has 3 aromatic carbocycles. The molecule has 0 saturated heterocycles. The van der Waals surface area contributed by atoms with Gasteiger partial charge in [0.05, 0.1) is 0 Å². The summed E-state index contributed by atoms with van der Waals surface area (Å²) >= 11 is 0. The molecule has 1 unspecified atom stereocenters. The molecular weight excluding hydrogens is 466 g/mol. The van der Waals surface area contributed by atoms with E-state index in [9.17, 15) is 26.3 Å². The maximum atomic E-state index is 13.4. The fourth-order valence-electron chi connectivity index (χ4n) is 3.72. The number of alkyl halides is 6. The molecule has 0 aliphatic rings. The van der Waals surface area contributed by atoms with E-state index in [2.05, 4.69) is 48.1 Å². The van der Waals surface area contributed by atoms with Crippen molar-refractivity contribution in [2.24, 2.45) is 0 Å². The van der Waals surface area contributed by atoms with E-state index >= 15 is 0 Å². The van der Waals surface area contributed by atoms with Crippen LogP contribution in [0.25, 0.3) is 11.1 Å². The molecule has 1 atom stereocenters. The van der Waals surface area contributed by atoms with Gasteiger partial charge in [0.1, 0.15) is 5.75 Å². The summed E-state index contributed by atoms with van der Waals surface area (Å²) in [6.45, 7) is 2.19. The van der Waals surface area contributed by atoms with Gasteiger partial charge in [-0.25, -0.2) is 4.39 Å². The van der Waals surface area contributed by atoms with Gasteiger partial charge in [0.25, 0.3) is 6.17 Å². The lowest BCUT2D eigenvalue weighted by molar-refractivity contribution is -0.304. The van der Waals surface area contributed by atoms with Crippen LogP contribution >= 0.6 is 0 Å². The van der Waals surface area contributed by atoms with E-state index in [1.54, 1.807) is 0 Å². The van der Waals surface area contributed by atoms with Gasteiger partial charge in [-0.2, -0.15) is 22.0 Å². The van der Waals surface area contributed by atoms with Crippen molar-refractivity contribution in [2.45, 2.75) is 63.9 Å². The topological polar surface area (TPSA) is 9.23 Å². The van der Waals surface area contributed by atoms with Gasteiger partial charge in [-0.1, -0.05) is 80.4 Å². The highest BCUT2D eigenvalue weighted by molar-refractivity contribution is 5.64. The third kappa shape index (κ3) is 7.77. The lowest BCUT2D eigenvalue weighted by Gasteiger charge is -2.23. The van der Waals surface area contributed by atoms with E-state index in [0.29, 0.717) is 12.8 Å². The summed E-state index contributed by atoms with van der Waals surface area (Å²) in [4.78, 5) is 0. The zero-order valence-corrected chi connectivity index (χ0v) is 19.4. The van der Waals surface area contributed by atoms with E-state index in [1.165, 1.54) is 37.0 Å². The minimum Gasteiger partial charge on any atom is -0.430 e. The Bertz CT molecular complexity index is 1040. The van der Waals surface area contributed by atoms with Crippen LogP contribution in [0.1, 0.15) is 42.9 Å². The Morgan fingerprint density at radius 2 is 1.06 bits per heavy atom. The zero-order valence-electron chi connectivity index (χ0n) is 19.4. The molecule has 0 aliphatic heterocycles. The fourth-order valence-corrected chi connectivity index (χ4v) is 3.72. The minimum atomic E-state index is -5.71. The molecular formula is C28H28F6O. The van der Waals surface area contributed by atoms with Gasteiger partial charge in [-0.15, -0.1) is 0 Å². The molecule has 0 radical (unpaired) electrons. The Kier molecular flexibility index (Phi) is 8.87. The summed E-state index contributed by atoms with van der Waals surface area (Å²) in [7, 11) is 0. The van der Waals surface area contributed by atoms with Gasteiger partial charge in [-0.3, -0.25) is 0 Å². The fraction of sp³-hybridized carbons (Fsp3) is 0.357. The molecule has 0 N–H and O–H groups in total. The quantitative estimate of drug-likeness (QED) is 0.191. The lowest BCUT2D eigenvalue weighted by Crippen LogP contribution is -2.45. The number of rotatable bonds is 11. The molecule has 3 rings (SSSR count). The van der Waals surface area contributed by atoms with Crippen LogP contribution in [0.15, 0.2) is 72.8 Å². The number of halogens is 6. The second-order valence-corrected chi connectivity index (χ2v) is 8.56. The van der Waals surface area contributed by atoms with Crippen molar-refractivity contribution >= 4 is 0 Å². The van der Waals surface area contributed by atoms with Gasteiger partial charge in [-0.05, 0) is 65.6 Å². The van der Waals surface area contributed by atoms with Crippen molar-refractivity contribution in [3.05, 3.63) is 89.5 Å². The van der Waals surface area contributed by atoms with Gasteiger partial charge in [0, 0.05) is 0 Å². The Labute approximate surface area is 201 Å². The number of aryl methyl sites for hydroxylation is 3. The number of benzene rings is 3. The molecule has 1 nitrogen and oxygen atoms in total. The van der Waals surface area contributed by atoms with Crippen molar-refractivity contribution in [1.29, 1.82) is 0 Å². The lowest BCUT2D eigenvalue weighted by atomic mass is 9.98. The van der Waals surface area contributed by atoms with Crippen molar-refractivity contribution in [3.8, 4) is 16.9 Å². The maximum Gasteiger partial charge on any atom is 0.439 e. The molecule has 35 heavy (non-hydrogen) atoms. The molecule has 0 aromatic heterocycles. The van der Waals surface area contributed by atoms with E-state index in [0.717, 1.165) is 40.8 Å². The molecule has 0 heterocycles. The van der Waals surface area contributed by atoms with Gasteiger partial charge >= 0.3 is 12.3 Å². The molecule has 7 heteroatoms. The monoisotopic (exact) mass is 494 g/mol. The zero-order chi connectivity index (χ0) is 25.5. The first kappa shape index (κ1) is 26.6. The second-order valence-electron chi connectivity index (χ2n) is 8.56. The molecule has 0 fully saturated rings. The SMILES string of the molecule is CCCCCc1ccc(-c2ccc(CCc3ccc(OC(F)(F)C(F)C(F)(F)F)cc3)cc2)cc1. The Morgan fingerprint density at radius 1 is 0.629 bits per heavy atom. The van der Waals surface area contributed by atoms with Crippen LogP contribution in [0, 0.1) is 0 Å². The average molecular weight is 495 g/mol. The summed E-state index contributed by atoms with van der Waals surface area (Å²) in [6.07, 6.45) is -9.11. The summed E-state index contributed by atoms with van der Waals surface area (Å²) in [5.41, 5.74) is 5.47. The molecule has 0 spiro atoms. The summed E-state index contributed by atoms with van der Waals surface area (Å²) in [5.74, 6) is -0.536. The van der Waals surface area contributed by atoms with Crippen LogP contribution in [0.3, 0.4) is 0 Å². The van der Waals surface area contributed by atoms with Crippen LogP contribution < -0.4 is 4.74 Å². The van der Waals surface area contributed by atoms with Crippen LogP contribution in [0.2, 0.25) is 0 Å². The third-order valence-corrected chi connectivity index (χ3v) is 5.77. The van der Waals surface area contributed by atoms with Gasteiger partial charge < -0.3 is 4.74 Å². The van der Waals surface area contributed by atoms with Crippen LogP contribution in [0.5, 0.6) is 5.75 Å². The van der Waals surface area contributed by atoms with E-state index in [-0.39, 0.29) is 0 Å². The Balaban J connectivity index is 1.53. The predicted octanol–water partition coefficient (Wildman–Crippen LogP) is 8.74. The summed E-state index contributed by atoms with van der Waals surface area (Å²) in [6, 6.07) is 21.9. The number of hydrogen-bond donors (Lipinski definition) is 0. The van der Waals surface area contributed by atoms with E-state index < -0.39 is 24.2 Å². The third-order valence-electron chi connectivity index (χ3n) is 5.77. The molecule has 0 aliphatic carbocycles. The first-order valence-corrected chi connectivity index (χ1v) is 11.6. The van der Waals surface area contributed by atoms with Crippen LogP contribution in [-0.4, -0.2) is 18.5 Å². The normalized spacial score (nSPS) is 13.0. The number of hydrogen-bond acceptors (Lipinski definition) is 1. The Morgan fingerprint density at radius 3 is 1.49 bits per heavy atom. The highest BCUT2D eigenvalue weighted by atomic mass is 19.4. The predicted molar refractivity (Wildman–Crippen MR) is 125 cm³/mol. The average Bonchev–Trinajstić information content (AvgIpc) is 2.83. The number of unbranched alkanes of at least 4 members (excludes halogenated alkanes) is 2. The van der Waals surface area contributed by atoms with Gasteiger partial charge in [0.2, 0.25) is 0 Å². The molecule has 0 amide bonds. The van der Waals surface area contributed by atoms with Crippen molar-refractivity contribution < 1.29 is 31.1 Å².